The van der Waals surface area contributed by atoms with E-state index in [0.717, 1.165) is 22.3 Å². The van der Waals surface area contributed by atoms with Crippen molar-refractivity contribution < 1.29 is 14.3 Å². The first-order chi connectivity index (χ1) is 21.4. The summed E-state index contributed by atoms with van der Waals surface area (Å²) in [6.45, 7) is 2.28. The van der Waals surface area contributed by atoms with Crippen molar-refractivity contribution in [3.8, 4) is 5.75 Å². The van der Waals surface area contributed by atoms with Crippen molar-refractivity contribution in [2.45, 2.75) is 26.2 Å². The number of esters is 1. The highest BCUT2D eigenvalue weighted by Crippen LogP contribution is 2.32. The number of carbonyl (C=O) groups excluding carboxylic acids is 1. The molecule has 220 valence electrons. The van der Waals surface area contributed by atoms with Crippen LogP contribution in [0.1, 0.15) is 35.2 Å². The second-order valence-corrected chi connectivity index (χ2v) is 12.0. The molecule has 9 heteroatoms. The second kappa shape index (κ2) is 13.1. The van der Waals surface area contributed by atoms with Crippen LogP contribution < -0.4 is 19.6 Å². The zero-order chi connectivity index (χ0) is 30.6. The summed E-state index contributed by atoms with van der Waals surface area (Å²) in [4.78, 5) is 32.8. The number of rotatable bonds is 8. The molecule has 1 aromatic heterocycles. The van der Waals surface area contributed by atoms with E-state index < -0.39 is 12.0 Å². The van der Waals surface area contributed by atoms with Crippen LogP contribution in [0.2, 0.25) is 10.0 Å². The van der Waals surface area contributed by atoms with Crippen LogP contribution in [-0.4, -0.2) is 10.5 Å². The number of allylic oxidation sites excluding steroid dienone is 1. The maximum absolute atomic E-state index is 14.0. The Kier molecular flexibility index (Phi) is 8.79. The lowest BCUT2D eigenvalue weighted by atomic mass is 9.96. The van der Waals surface area contributed by atoms with Gasteiger partial charge in [0.25, 0.3) is 5.56 Å². The quantitative estimate of drug-likeness (QED) is 0.174. The van der Waals surface area contributed by atoms with E-state index in [9.17, 15) is 9.59 Å². The normalized spacial score (nSPS) is 14.6. The summed E-state index contributed by atoms with van der Waals surface area (Å²) in [5, 5.41) is 0.815. The van der Waals surface area contributed by atoms with Crippen LogP contribution in [0.5, 0.6) is 5.75 Å². The Morgan fingerprint density at radius 2 is 1.55 bits per heavy atom. The predicted octanol–water partition coefficient (Wildman–Crippen LogP) is 6.86. The Balaban J connectivity index is 1.38. The highest BCUT2D eigenvalue weighted by molar-refractivity contribution is 7.07. The standard InChI is InChI=1S/C35H26Cl2N2O4S/c1-22-31(34(41)43-21-24-10-6-3-7-11-24)32(26-13-15-27(16-14-26)42-20-23-8-4-2-5-9-23)39-33(40)30(44-35(39)38-22)19-25-12-17-28(36)29(37)18-25/h2-19,32H,20-21H2,1H3/b30-19-/t32-/m1/s1. The first kappa shape index (κ1) is 29.6. The van der Waals surface area contributed by atoms with Crippen molar-refractivity contribution in [3.63, 3.8) is 0 Å². The van der Waals surface area contributed by atoms with E-state index in [4.69, 9.17) is 32.7 Å². The SMILES string of the molecule is CC1=C(C(=O)OCc2ccccc2)[C@@H](c2ccc(OCc3ccccc3)cc2)n2c(s/c(=C\c3ccc(Cl)c(Cl)c3)c2=O)=N1. The largest absolute Gasteiger partial charge is 0.489 e. The molecule has 6 rings (SSSR count). The van der Waals surface area contributed by atoms with Gasteiger partial charge >= 0.3 is 5.97 Å². The fraction of sp³-hybridized carbons (Fsp3) is 0.114. The molecule has 0 aliphatic carbocycles. The molecule has 0 saturated carbocycles. The van der Waals surface area contributed by atoms with Crippen molar-refractivity contribution in [1.29, 1.82) is 0 Å². The predicted molar refractivity (Wildman–Crippen MR) is 174 cm³/mol. The van der Waals surface area contributed by atoms with Crippen LogP contribution in [0.25, 0.3) is 6.08 Å². The van der Waals surface area contributed by atoms with E-state index >= 15 is 0 Å². The van der Waals surface area contributed by atoms with Gasteiger partial charge in [0.1, 0.15) is 19.0 Å². The molecule has 0 saturated heterocycles. The molecule has 1 aliphatic heterocycles. The van der Waals surface area contributed by atoms with Crippen molar-refractivity contribution >= 4 is 46.6 Å². The second-order valence-electron chi connectivity index (χ2n) is 10.2. The number of thiazole rings is 1. The van der Waals surface area contributed by atoms with Gasteiger partial charge in [-0.05, 0) is 59.5 Å². The van der Waals surface area contributed by atoms with Crippen LogP contribution in [-0.2, 0) is 22.7 Å². The summed E-state index contributed by atoms with van der Waals surface area (Å²) >= 11 is 13.6. The van der Waals surface area contributed by atoms with Gasteiger partial charge in [0.15, 0.2) is 4.80 Å². The first-order valence-corrected chi connectivity index (χ1v) is 15.4. The molecular formula is C35H26Cl2N2O4S. The van der Waals surface area contributed by atoms with Gasteiger partial charge in [-0.2, -0.15) is 0 Å². The molecule has 0 radical (unpaired) electrons. The van der Waals surface area contributed by atoms with Crippen molar-refractivity contribution in [1.82, 2.24) is 4.57 Å². The zero-order valence-corrected chi connectivity index (χ0v) is 25.9. The molecular weight excluding hydrogens is 615 g/mol. The molecule has 0 amide bonds. The fourth-order valence-electron chi connectivity index (χ4n) is 4.94. The molecule has 4 aromatic carbocycles. The van der Waals surface area contributed by atoms with Crippen molar-refractivity contribution in [2.75, 3.05) is 0 Å². The molecule has 0 N–H and O–H groups in total. The molecule has 0 spiro atoms. The third kappa shape index (κ3) is 6.40. The number of hydrogen-bond acceptors (Lipinski definition) is 6. The Morgan fingerprint density at radius 1 is 0.886 bits per heavy atom. The van der Waals surface area contributed by atoms with Crippen LogP contribution in [0, 0.1) is 0 Å². The number of fused-ring (bicyclic) bond motifs is 1. The highest BCUT2D eigenvalue weighted by Gasteiger charge is 2.33. The van der Waals surface area contributed by atoms with Gasteiger partial charge in [-0.3, -0.25) is 9.36 Å². The molecule has 6 nitrogen and oxygen atoms in total. The monoisotopic (exact) mass is 640 g/mol. The molecule has 0 bridgehead atoms. The molecule has 44 heavy (non-hydrogen) atoms. The van der Waals surface area contributed by atoms with Crippen LogP contribution >= 0.6 is 34.5 Å². The average molecular weight is 642 g/mol. The smallest absolute Gasteiger partial charge is 0.338 e. The Bertz CT molecular complexity index is 2040. The van der Waals surface area contributed by atoms with Gasteiger partial charge in [-0.1, -0.05) is 113 Å². The third-order valence-corrected chi connectivity index (χ3v) is 8.86. The van der Waals surface area contributed by atoms with E-state index in [1.54, 1.807) is 35.8 Å². The minimum absolute atomic E-state index is 0.0944. The fourth-order valence-corrected chi connectivity index (χ4v) is 6.29. The number of nitrogens with zero attached hydrogens (tertiary/aromatic N) is 2. The number of halogens is 2. The van der Waals surface area contributed by atoms with Gasteiger partial charge in [-0.15, -0.1) is 0 Å². The van der Waals surface area contributed by atoms with Crippen LogP contribution in [0.15, 0.2) is 124 Å². The van der Waals surface area contributed by atoms with E-state index in [2.05, 4.69) is 4.99 Å². The molecule has 0 unspecified atom stereocenters. The molecule has 1 aliphatic rings. The third-order valence-electron chi connectivity index (χ3n) is 7.14. The summed E-state index contributed by atoms with van der Waals surface area (Å²) in [6.07, 6.45) is 1.75. The number of benzene rings is 4. The lowest BCUT2D eigenvalue weighted by Gasteiger charge is -2.25. The Morgan fingerprint density at radius 3 is 2.20 bits per heavy atom. The zero-order valence-electron chi connectivity index (χ0n) is 23.6. The first-order valence-electron chi connectivity index (χ1n) is 13.8. The summed E-state index contributed by atoms with van der Waals surface area (Å²) in [7, 11) is 0. The lowest BCUT2D eigenvalue weighted by Crippen LogP contribution is -2.39. The summed E-state index contributed by atoms with van der Waals surface area (Å²) in [5.74, 6) is 0.127. The van der Waals surface area contributed by atoms with Crippen molar-refractivity contribution in [2.24, 2.45) is 4.99 Å². The van der Waals surface area contributed by atoms with E-state index in [0.29, 0.717) is 43.0 Å². The lowest BCUT2D eigenvalue weighted by molar-refractivity contribution is -0.140. The summed E-state index contributed by atoms with van der Waals surface area (Å²) < 4.78 is 13.7. The molecule has 5 aromatic rings. The maximum atomic E-state index is 14.0. The topological polar surface area (TPSA) is 69.9 Å². The van der Waals surface area contributed by atoms with Crippen molar-refractivity contribution in [3.05, 3.63) is 166 Å². The number of ether oxygens (including phenoxy) is 2. The highest BCUT2D eigenvalue weighted by atomic mass is 35.5. The number of carbonyl (C=O) groups is 1. The van der Waals surface area contributed by atoms with E-state index in [-0.39, 0.29) is 12.2 Å². The van der Waals surface area contributed by atoms with Gasteiger partial charge in [0.2, 0.25) is 0 Å². The van der Waals surface area contributed by atoms with Crippen LogP contribution in [0.3, 0.4) is 0 Å². The molecule has 2 heterocycles. The minimum Gasteiger partial charge on any atom is -0.489 e. The van der Waals surface area contributed by atoms with E-state index in [1.807, 2.05) is 84.9 Å². The number of aromatic nitrogens is 1. The van der Waals surface area contributed by atoms with Crippen LogP contribution in [0.4, 0.5) is 0 Å². The van der Waals surface area contributed by atoms with E-state index in [1.165, 1.54) is 11.3 Å². The average Bonchev–Trinajstić information content (AvgIpc) is 3.35. The minimum atomic E-state index is -0.756. The summed E-state index contributed by atoms with van der Waals surface area (Å²) in [5.41, 5.74) is 3.85. The number of hydrogen-bond donors (Lipinski definition) is 0. The summed E-state index contributed by atoms with van der Waals surface area (Å²) in [6, 6.07) is 31.2. The molecule has 0 fully saturated rings. The maximum Gasteiger partial charge on any atom is 0.338 e. The Hall–Kier alpha value is -4.43. The van der Waals surface area contributed by atoms with Gasteiger partial charge < -0.3 is 9.47 Å². The van der Waals surface area contributed by atoms with Gasteiger partial charge in [0, 0.05) is 0 Å². The molecule has 1 atom stereocenters. The van der Waals surface area contributed by atoms with Gasteiger partial charge in [0.05, 0.1) is 31.9 Å². The Labute approximate surface area is 267 Å². The van der Waals surface area contributed by atoms with Gasteiger partial charge in [-0.25, -0.2) is 9.79 Å².